The number of hydrogen-bond donors (Lipinski definition) is 1. The van der Waals surface area contributed by atoms with Gasteiger partial charge in [-0.2, -0.15) is 0 Å². The molecule has 4 heteroatoms. The van der Waals surface area contributed by atoms with Crippen LogP contribution in [0.5, 0.6) is 0 Å². The Morgan fingerprint density at radius 2 is 1.94 bits per heavy atom. The number of likely N-dealkylation sites (N-methyl/N-ethyl adjacent to an activating group) is 1. The van der Waals surface area contributed by atoms with E-state index in [1.54, 1.807) is 30.1 Å². The van der Waals surface area contributed by atoms with Gasteiger partial charge in [-0.25, -0.2) is 4.39 Å². The summed E-state index contributed by atoms with van der Waals surface area (Å²) in [6, 6.07) is 6.58. The molecule has 0 aromatic heterocycles. The zero-order valence-electron chi connectivity index (χ0n) is 11.4. The molecule has 0 aliphatic carbocycles. The molecule has 0 aliphatic rings. The third-order valence-electron chi connectivity index (χ3n) is 3.10. The third kappa shape index (κ3) is 3.81. The minimum Gasteiger partial charge on any atom is -0.342 e. The number of nitrogens with zero attached hydrogens (tertiary/aromatic N) is 1. The monoisotopic (exact) mass is 252 g/mol. The van der Waals surface area contributed by atoms with Crippen LogP contribution in [-0.4, -0.2) is 30.4 Å². The Morgan fingerprint density at radius 3 is 2.50 bits per heavy atom. The van der Waals surface area contributed by atoms with Gasteiger partial charge < -0.3 is 10.2 Å². The van der Waals surface area contributed by atoms with Gasteiger partial charge in [-0.15, -0.1) is 0 Å². The van der Waals surface area contributed by atoms with Crippen molar-refractivity contribution < 1.29 is 9.18 Å². The Labute approximate surface area is 108 Å². The molecule has 0 saturated heterocycles. The Bertz CT molecular complexity index is 407. The van der Waals surface area contributed by atoms with Crippen LogP contribution in [-0.2, 0) is 4.79 Å². The van der Waals surface area contributed by atoms with Crippen molar-refractivity contribution in [3.63, 3.8) is 0 Å². The largest absolute Gasteiger partial charge is 0.342 e. The lowest BCUT2D eigenvalue weighted by atomic mass is 10.1. The van der Waals surface area contributed by atoms with E-state index in [1.165, 1.54) is 6.07 Å². The number of hydrogen-bond acceptors (Lipinski definition) is 2. The zero-order chi connectivity index (χ0) is 13.7. The molecule has 1 rings (SSSR count). The molecule has 0 heterocycles. The van der Waals surface area contributed by atoms with Crippen molar-refractivity contribution in [3.8, 4) is 0 Å². The molecular weight excluding hydrogens is 231 g/mol. The van der Waals surface area contributed by atoms with Crippen LogP contribution < -0.4 is 5.32 Å². The second-order valence-corrected chi connectivity index (χ2v) is 4.72. The molecule has 1 amide bonds. The van der Waals surface area contributed by atoms with Crippen LogP contribution in [0.4, 0.5) is 4.39 Å². The van der Waals surface area contributed by atoms with Gasteiger partial charge in [0.25, 0.3) is 0 Å². The Kier molecular flexibility index (Phi) is 5.28. The minimum atomic E-state index is -0.248. The second-order valence-electron chi connectivity index (χ2n) is 4.72. The number of halogens is 1. The quantitative estimate of drug-likeness (QED) is 0.872. The molecular formula is C14H21FN2O. The lowest BCUT2D eigenvalue weighted by molar-refractivity contribution is -0.130. The van der Waals surface area contributed by atoms with E-state index < -0.39 is 0 Å². The summed E-state index contributed by atoms with van der Waals surface area (Å²) >= 11 is 0. The van der Waals surface area contributed by atoms with Gasteiger partial charge in [-0.3, -0.25) is 4.79 Å². The van der Waals surface area contributed by atoms with Gasteiger partial charge in [-0.1, -0.05) is 18.2 Å². The predicted molar refractivity (Wildman–Crippen MR) is 70.7 cm³/mol. The van der Waals surface area contributed by atoms with E-state index in [-0.39, 0.29) is 30.4 Å². The molecule has 0 radical (unpaired) electrons. The smallest absolute Gasteiger partial charge is 0.236 e. The van der Waals surface area contributed by atoms with Gasteiger partial charge in [-0.05, 0) is 26.8 Å². The average molecular weight is 252 g/mol. The van der Waals surface area contributed by atoms with Crippen LogP contribution in [0, 0.1) is 5.82 Å². The van der Waals surface area contributed by atoms with E-state index in [9.17, 15) is 9.18 Å². The van der Waals surface area contributed by atoms with E-state index >= 15 is 0 Å². The summed E-state index contributed by atoms with van der Waals surface area (Å²) in [6.07, 6.45) is 0. The molecule has 1 N–H and O–H groups in total. The summed E-state index contributed by atoms with van der Waals surface area (Å²) in [4.78, 5) is 13.4. The molecule has 0 fully saturated rings. The van der Waals surface area contributed by atoms with Gasteiger partial charge in [0.2, 0.25) is 5.91 Å². The third-order valence-corrected chi connectivity index (χ3v) is 3.10. The summed E-state index contributed by atoms with van der Waals surface area (Å²) in [6.45, 7) is 5.97. The number of rotatable bonds is 5. The van der Waals surface area contributed by atoms with Gasteiger partial charge >= 0.3 is 0 Å². The Balaban J connectivity index is 2.54. The highest BCUT2D eigenvalue weighted by Gasteiger charge is 2.14. The maximum Gasteiger partial charge on any atom is 0.236 e. The van der Waals surface area contributed by atoms with Crippen molar-refractivity contribution in [1.82, 2.24) is 10.2 Å². The lowest BCUT2D eigenvalue weighted by Gasteiger charge is -2.23. The van der Waals surface area contributed by atoms with Gasteiger partial charge in [0.15, 0.2) is 0 Å². The Morgan fingerprint density at radius 1 is 1.33 bits per heavy atom. The van der Waals surface area contributed by atoms with Gasteiger partial charge in [0.05, 0.1) is 6.54 Å². The van der Waals surface area contributed by atoms with Crippen LogP contribution in [0.2, 0.25) is 0 Å². The van der Waals surface area contributed by atoms with E-state index in [2.05, 4.69) is 5.32 Å². The standard InChI is InChI=1S/C14H21FN2O/c1-10(2)17(4)14(18)9-16-11(3)12-7-5-6-8-13(12)15/h5-8,10-11,16H,9H2,1-4H3/t11-/m1/s1. The van der Waals surface area contributed by atoms with Crippen molar-refractivity contribution in [2.45, 2.75) is 32.9 Å². The van der Waals surface area contributed by atoms with E-state index in [0.29, 0.717) is 5.56 Å². The highest BCUT2D eigenvalue weighted by atomic mass is 19.1. The molecule has 0 unspecified atom stereocenters. The fourth-order valence-corrected chi connectivity index (χ4v) is 1.59. The maximum absolute atomic E-state index is 13.5. The van der Waals surface area contributed by atoms with E-state index in [4.69, 9.17) is 0 Å². The predicted octanol–water partition coefficient (Wildman–Crippen LogP) is 2.34. The van der Waals surface area contributed by atoms with E-state index in [1.807, 2.05) is 20.8 Å². The molecule has 100 valence electrons. The molecule has 0 aliphatic heterocycles. The van der Waals surface area contributed by atoms with Crippen molar-refractivity contribution in [2.75, 3.05) is 13.6 Å². The number of carbonyl (C=O) groups excluding carboxylic acids is 1. The second kappa shape index (κ2) is 6.50. The summed E-state index contributed by atoms with van der Waals surface area (Å²) in [7, 11) is 1.77. The van der Waals surface area contributed by atoms with Crippen LogP contribution >= 0.6 is 0 Å². The average Bonchev–Trinajstić information content (AvgIpc) is 2.35. The number of benzene rings is 1. The fourth-order valence-electron chi connectivity index (χ4n) is 1.59. The van der Waals surface area contributed by atoms with Gasteiger partial charge in [0, 0.05) is 24.7 Å². The van der Waals surface area contributed by atoms with Crippen LogP contribution in [0.1, 0.15) is 32.4 Å². The highest BCUT2D eigenvalue weighted by molar-refractivity contribution is 5.78. The first-order valence-corrected chi connectivity index (χ1v) is 6.17. The summed E-state index contributed by atoms with van der Waals surface area (Å²) in [5.74, 6) is -0.240. The minimum absolute atomic E-state index is 0.00758. The first-order chi connectivity index (χ1) is 8.43. The van der Waals surface area contributed by atoms with Crippen molar-refractivity contribution in [3.05, 3.63) is 35.6 Å². The first kappa shape index (κ1) is 14.6. The van der Waals surface area contributed by atoms with Crippen LogP contribution in [0.25, 0.3) is 0 Å². The lowest BCUT2D eigenvalue weighted by Crippen LogP contribution is -2.40. The highest BCUT2D eigenvalue weighted by Crippen LogP contribution is 2.15. The van der Waals surface area contributed by atoms with Crippen LogP contribution in [0.15, 0.2) is 24.3 Å². The fraction of sp³-hybridized carbons (Fsp3) is 0.500. The van der Waals surface area contributed by atoms with Crippen LogP contribution in [0.3, 0.4) is 0 Å². The topological polar surface area (TPSA) is 32.3 Å². The summed E-state index contributed by atoms with van der Waals surface area (Å²) in [5.41, 5.74) is 0.581. The molecule has 1 atom stereocenters. The van der Waals surface area contributed by atoms with E-state index in [0.717, 1.165) is 0 Å². The number of amides is 1. The number of carbonyl (C=O) groups is 1. The van der Waals surface area contributed by atoms with Crippen molar-refractivity contribution in [1.29, 1.82) is 0 Å². The molecule has 0 bridgehead atoms. The summed E-state index contributed by atoms with van der Waals surface area (Å²) in [5, 5.41) is 3.04. The van der Waals surface area contributed by atoms with Crippen molar-refractivity contribution >= 4 is 5.91 Å². The normalized spacial score (nSPS) is 12.6. The molecule has 0 saturated carbocycles. The van der Waals surface area contributed by atoms with Crippen molar-refractivity contribution in [2.24, 2.45) is 0 Å². The van der Waals surface area contributed by atoms with Gasteiger partial charge in [0.1, 0.15) is 5.82 Å². The zero-order valence-corrected chi connectivity index (χ0v) is 11.4. The molecule has 0 spiro atoms. The molecule has 1 aromatic rings. The molecule has 1 aromatic carbocycles. The number of nitrogens with one attached hydrogen (secondary N) is 1. The SMILES string of the molecule is CC(C)N(C)C(=O)CN[C@H](C)c1ccccc1F. The Hall–Kier alpha value is -1.42. The maximum atomic E-state index is 13.5. The first-order valence-electron chi connectivity index (χ1n) is 6.17. The molecule has 3 nitrogen and oxygen atoms in total. The molecule has 18 heavy (non-hydrogen) atoms. The summed E-state index contributed by atoms with van der Waals surface area (Å²) < 4.78 is 13.5.